The van der Waals surface area contributed by atoms with Crippen molar-refractivity contribution in [3.8, 4) is 11.1 Å². The van der Waals surface area contributed by atoms with Crippen LogP contribution in [-0.2, 0) is 4.74 Å². The van der Waals surface area contributed by atoms with Crippen LogP contribution < -0.4 is 0 Å². The number of aromatic nitrogens is 1. The highest BCUT2D eigenvalue weighted by atomic mass is 16.5. The van der Waals surface area contributed by atoms with E-state index in [1.165, 1.54) is 0 Å². The smallest absolute Gasteiger partial charge is 0.375 e. The lowest BCUT2D eigenvalue weighted by molar-refractivity contribution is 0.0493. The monoisotopic (exact) mass is 267 g/mol. The summed E-state index contributed by atoms with van der Waals surface area (Å²) in [6, 6.07) is 13.3. The Morgan fingerprint density at radius 3 is 2.75 bits per heavy atom. The van der Waals surface area contributed by atoms with E-state index in [2.05, 4.69) is 4.98 Å². The van der Waals surface area contributed by atoms with Crippen LogP contribution in [-0.4, -0.2) is 17.6 Å². The Balaban J connectivity index is 2.26. The Labute approximate surface area is 116 Å². The molecule has 2 heterocycles. The Hall–Kier alpha value is -2.62. The van der Waals surface area contributed by atoms with Gasteiger partial charge < -0.3 is 9.15 Å². The highest BCUT2D eigenvalue weighted by Gasteiger charge is 2.23. The van der Waals surface area contributed by atoms with Gasteiger partial charge in [-0.3, -0.25) is 0 Å². The van der Waals surface area contributed by atoms with Crippen LogP contribution in [0.4, 0.5) is 0 Å². The molecule has 0 N–H and O–H groups in total. The first-order valence-electron chi connectivity index (χ1n) is 6.41. The number of carbonyl (C=O) groups excluding carboxylic acids is 1. The van der Waals surface area contributed by atoms with Crippen LogP contribution >= 0.6 is 0 Å². The van der Waals surface area contributed by atoms with Gasteiger partial charge in [-0.05, 0) is 24.6 Å². The van der Waals surface area contributed by atoms with Gasteiger partial charge in [-0.15, -0.1) is 0 Å². The summed E-state index contributed by atoms with van der Waals surface area (Å²) in [4.78, 5) is 16.2. The highest BCUT2D eigenvalue weighted by molar-refractivity contribution is 6.05. The normalized spacial score (nSPS) is 10.7. The van der Waals surface area contributed by atoms with Gasteiger partial charge in [0, 0.05) is 17.1 Å². The van der Waals surface area contributed by atoms with Crippen molar-refractivity contribution in [2.45, 2.75) is 6.92 Å². The van der Waals surface area contributed by atoms with E-state index >= 15 is 0 Å². The molecule has 0 unspecified atom stereocenters. The van der Waals surface area contributed by atoms with Crippen molar-refractivity contribution in [2.24, 2.45) is 0 Å². The topological polar surface area (TPSA) is 52.3 Å². The standard InChI is InChI=1S/C16H13NO3/c1-2-19-16(18)14-13(11-7-4-3-5-8-11)12-9-6-10-17-15(12)20-14/h3-10H,2H2,1H3. The fraction of sp³-hybridized carbons (Fsp3) is 0.125. The number of pyridine rings is 1. The van der Waals surface area contributed by atoms with Crippen molar-refractivity contribution in [1.29, 1.82) is 0 Å². The van der Waals surface area contributed by atoms with Crippen molar-refractivity contribution in [2.75, 3.05) is 6.61 Å². The zero-order chi connectivity index (χ0) is 13.9. The van der Waals surface area contributed by atoms with Crippen LogP contribution in [0.15, 0.2) is 53.1 Å². The van der Waals surface area contributed by atoms with Gasteiger partial charge in [0.25, 0.3) is 0 Å². The molecule has 0 aliphatic carbocycles. The maximum absolute atomic E-state index is 12.1. The third kappa shape index (κ3) is 2.05. The van der Waals surface area contributed by atoms with E-state index < -0.39 is 5.97 Å². The molecular formula is C16H13NO3. The first-order chi connectivity index (χ1) is 9.81. The van der Waals surface area contributed by atoms with E-state index in [-0.39, 0.29) is 5.76 Å². The number of hydrogen-bond donors (Lipinski definition) is 0. The van der Waals surface area contributed by atoms with E-state index in [1.54, 1.807) is 13.1 Å². The summed E-state index contributed by atoms with van der Waals surface area (Å²) in [6.07, 6.45) is 1.63. The molecule has 1 aromatic carbocycles. The number of carbonyl (C=O) groups is 1. The van der Waals surface area contributed by atoms with Gasteiger partial charge in [0.1, 0.15) is 0 Å². The summed E-state index contributed by atoms with van der Waals surface area (Å²) in [5.41, 5.74) is 2.07. The molecule has 2 aromatic heterocycles. The van der Waals surface area contributed by atoms with Crippen molar-refractivity contribution in [3.63, 3.8) is 0 Å². The number of hydrogen-bond acceptors (Lipinski definition) is 4. The molecule has 0 aliphatic heterocycles. The zero-order valence-corrected chi connectivity index (χ0v) is 11.0. The average Bonchev–Trinajstić information content (AvgIpc) is 2.88. The molecule has 0 radical (unpaired) electrons. The molecule has 3 rings (SSSR count). The number of ether oxygens (including phenoxy) is 1. The lowest BCUT2D eigenvalue weighted by Crippen LogP contribution is -2.04. The Bertz CT molecular complexity index is 747. The molecule has 3 aromatic rings. The number of furan rings is 1. The minimum Gasteiger partial charge on any atom is -0.460 e. The Morgan fingerprint density at radius 1 is 1.20 bits per heavy atom. The van der Waals surface area contributed by atoms with Gasteiger partial charge >= 0.3 is 5.97 Å². The van der Waals surface area contributed by atoms with Gasteiger partial charge in [-0.25, -0.2) is 9.78 Å². The molecule has 0 spiro atoms. The number of benzene rings is 1. The van der Waals surface area contributed by atoms with Crippen LogP contribution in [0.25, 0.3) is 22.2 Å². The molecule has 4 heteroatoms. The fourth-order valence-electron chi connectivity index (χ4n) is 2.16. The molecule has 0 aliphatic rings. The maximum Gasteiger partial charge on any atom is 0.375 e. The summed E-state index contributed by atoms with van der Waals surface area (Å²) in [5, 5.41) is 0.807. The van der Waals surface area contributed by atoms with Gasteiger partial charge in [0.15, 0.2) is 0 Å². The van der Waals surface area contributed by atoms with Crippen LogP contribution in [0, 0.1) is 0 Å². The fourth-order valence-corrected chi connectivity index (χ4v) is 2.16. The van der Waals surface area contributed by atoms with E-state index in [0.717, 1.165) is 16.5 Å². The van der Waals surface area contributed by atoms with Gasteiger partial charge in [0.2, 0.25) is 11.5 Å². The van der Waals surface area contributed by atoms with Crippen molar-refractivity contribution >= 4 is 17.1 Å². The maximum atomic E-state index is 12.1. The summed E-state index contributed by atoms with van der Waals surface area (Å²) >= 11 is 0. The lowest BCUT2D eigenvalue weighted by Gasteiger charge is -2.02. The molecular weight excluding hydrogens is 254 g/mol. The molecule has 0 amide bonds. The third-order valence-corrected chi connectivity index (χ3v) is 2.99. The molecule has 100 valence electrons. The first-order valence-corrected chi connectivity index (χ1v) is 6.41. The molecule has 0 saturated carbocycles. The van der Waals surface area contributed by atoms with Crippen LogP contribution in [0.2, 0.25) is 0 Å². The van der Waals surface area contributed by atoms with Crippen LogP contribution in [0.1, 0.15) is 17.5 Å². The molecule has 20 heavy (non-hydrogen) atoms. The Morgan fingerprint density at radius 2 is 2.00 bits per heavy atom. The predicted octanol–water partition coefficient (Wildman–Crippen LogP) is 3.67. The Kier molecular flexibility index (Phi) is 3.21. The summed E-state index contributed by atoms with van der Waals surface area (Å²) < 4.78 is 10.6. The average molecular weight is 267 g/mol. The third-order valence-electron chi connectivity index (χ3n) is 2.99. The SMILES string of the molecule is CCOC(=O)c1oc2ncccc2c1-c1ccccc1. The number of esters is 1. The summed E-state index contributed by atoms with van der Waals surface area (Å²) in [5.74, 6) is -0.267. The molecule has 0 bridgehead atoms. The first kappa shape index (κ1) is 12.4. The second-order valence-electron chi connectivity index (χ2n) is 4.25. The number of rotatable bonds is 3. The van der Waals surface area contributed by atoms with Gasteiger partial charge in [0.05, 0.1) is 6.61 Å². The van der Waals surface area contributed by atoms with E-state index in [9.17, 15) is 4.79 Å². The van der Waals surface area contributed by atoms with E-state index in [0.29, 0.717) is 12.3 Å². The van der Waals surface area contributed by atoms with Gasteiger partial charge in [-0.2, -0.15) is 0 Å². The van der Waals surface area contributed by atoms with Crippen molar-refractivity contribution in [1.82, 2.24) is 4.98 Å². The van der Waals surface area contributed by atoms with Crippen LogP contribution in [0.3, 0.4) is 0 Å². The second-order valence-corrected chi connectivity index (χ2v) is 4.25. The van der Waals surface area contributed by atoms with E-state index in [4.69, 9.17) is 9.15 Å². The molecule has 0 atom stereocenters. The molecule has 0 saturated heterocycles. The van der Waals surface area contributed by atoms with Crippen molar-refractivity contribution < 1.29 is 13.9 Å². The minimum absolute atomic E-state index is 0.201. The second kappa shape index (κ2) is 5.17. The van der Waals surface area contributed by atoms with Crippen LogP contribution in [0.5, 0.6) is 0 Å². The van der Waals surface area contributed by atoms with E-state index in [1.807, 2.05) is 42.5 Å². The quantitative estimate of drug-likeness (QED) is 0.679. The number of fused-ring (bicyclic) bond motifs is 1. The largest absolute Gasteiger partial charge is 0.460 e. The zero-order valence-electron chi connectivity index (χ0n) is 11.0. The summed E-state index contributed by atoms with van der Waals surface area (Å²) in [7, 11) is 0. The predicted molar refractivity (Wildman–Crippen MR) is 75.4 cm³/mol. The number of nitrogens with zero attached hydrogens (tertiary/aromatic N) is 1. The minimum atomic E-state index is -0.468. The summed E-state index contributed by atoms with van der Waals surface area (Å²) in [6.45, 7) is 2.07. The molecule has 0 fully saturated rings. The van der Waals surface area contributed by atoms with Gasteiger partial charge in [-0.1, -0.05) is 30.3 Å². The van der Waals surface area contributed by atoms with Crippen molar-refractivity contribution in [3.05, 3.63) is 54.4 Å². The lowest BCUT2D eigenvalue weighted by atomic mass is 10.0. The highest BCUT2D eigenvalue weighted by Crippen LogP contribution is 2.34. The molecule has 4 nitrogen and oxygen atoms in total.